The molecule has 0 bridgehead atoms. The van der Waals surface area contributed by atoms with Crippen molar-refractivity contribution >= 4 is 34.4 Å². The lowest BCUT2D eigenvalue weighted by Crippen LogP contribution is -2.00. The molecule has 5 nitrogen and oxygen atoms in total. The number of benzene rings is 1. The summed E-state index contributed by atoms with van der Waals surface area (Å²) in [5, 5.41) is 5.99. The van der Waals surface area contributed by atoms with Gasteiger partial charge in [0.2, 0.25) is 5.95 Å². The zero-order valence-corrected chi connectivity index (χ0v) is 11.2. The van der Waals surface area contributed by atoms with Crippen LogP contribution < -0.4 is 11.1 Å². The van der Waals surface area contributed by atoms with Crippen LogP contribution in [0.3, 0.4) is 0 Å². The molecule has 0 atom stereocenters. The van der Waals surface area contributed by atoms with E-state index in [9.17, 15) is 0 Å². The first kappa shape index (κ1) is 11.9. The van der Waals surface area contributed by atoms with Crippen molar-refractivity contribution in [2.24, 2.45) is 0 Å². The van der Waals surface area contributed by atoms with Gasteiger partial charge in [-0.1, -0.05) is 30.0 Å². The molecule has 6 heteroatoms. The van der Waals surface area contributed by atoms with Gasteiger partial charge >= 0.3 is 0 Å². The summed E-state index contributed by atoms with van der Waals surface area (Å²) in [6.07, 6.45) is 0. The van der Waals surface area contributed by atoms with E-state index in [1.165, 1.54) is 17.1 Å². The number of nitrogens with two attached hydrogens (primary N) is 1. The average molecular weight is 271 g/mol. The van der Waals surface area contributed by atoms with E-state index in [0.717, 1.165) is 15.6 Å². The third kappa shape index (κ3) is 2.48. The Labute approximate surface area is 114 Å². The number of fused-ring (bicyclic) bond motifs is 1. The molecule has 2 heterocycles. The van der Waals surface area contributed by atoms with Gasteiger partial charge in [0.05, 0.1) is 5.03 Å². The van der Waals surface area contributed by atoms with E-state index in [2.05, 4.69) is 32.4 Å². The van der Waals surface area contributed by atoms with E-state index in [4.69, 9.17) is 5.73 Å². The lowest BCUT2D eigenvalue weighted by molar-refractivity contribution is 1.06. The topological polar surface area (TPSA) is 79.6 Å². The smallest absolute Gasteiger partial charge is 0.223 e. The van der Waals surface area contributed by atoms with Gasteiger partial charge < -0.3 is 16.0 Å². The second kappa shape index (κ2) is 4.81. The van der Waals surface area contributed by atoms with Gasteiger partial charge in [-0.2, -0.15) is 4.98 Å². The molecule has 0 unspecified atom stereocenters. The third-order valence-corrected chi connectivity index (χ3v) is 3.55. The molecule has 3 rings (SSSR count). The van der Waals surface area contributed by atoms with Crippen LogP contribution in [0, 0.1) is 0 Å². The van der Waals surface area contributed by atoms with Crippen molar-refractivity contribution in [3.63, 3.8) is 0 Å². The zero-order valence-electron chi connectivity index (χ0n) is 10.3. The molecule has 0 fully saturated rings. The van der Waals surface area contributed by atoms with Crippen LogP contribution in [0.15, 0.2) is 46.5 Å². The molecule has 0 spiro atoms. The minimum Gasteiger partial charge on any atom is -0.373 e. The van der Waals surface area contributed by atoms with Crippen LogP contribution in [0.5, 0.6) is 0 Å². The Bertz CT molecular complexity index is 689. The number of nitrogen functional groups attached to an aromatic ring is 1. The number of aromatic nitrogens is 3. The molecule has 0 amide bonds. The highest BCUT2D eigenvalue weighted by atomic mass is 32.2. The molecule has 3 aromatic rings. The normalized spacial score (nSPS) is 10.8. The quantitative estimate of drug-likeness (QED) is 0.638. The van der Waals surface area contributed by atoms with Crippen molar-refractivity contribution in [1.29, 1.82) is 0 Å². The minimum atomic E-state index is 0.269. The summed E-state index contributed by atoms with van der Waals surface area (Å²) in [6, 6.07) is 12.1. The Morgan fingerprint density at radius 2 is 2.05 bits per heavy atom. The summed E-state index contributed by atoms with van der Waals surface area (Å²) >= 11 is 1.53. The fraction of sp³-hybridized carbons (Fsp3) is 0.0769. The van der Waals surface area contributed by atoms with Crippen molar-refractivity contribution < 1.29 is 0 Å². The Morgan fingerprint density at radius 1 is 1.21 bits per heavy atom. The van der Waals surface area contributed by atoms with E-state index in [1.54, 1.807) is 7.05 Å². The van der Waals surface area contributed by atoms with Gasteiger partial charge in [-0.05, 0) is 12.1 Å². The molecule has 0 aliphatic heterocycles. The van der Waals surface area contributed by atoms with E-state index in [-0.39, 0.29) is 5.95 Å². The fourth-order valence-electron chi connectivity index (χ4n) is 1.84. The Kier molecular flexibility index (Phi) is 3.00. The maximum atomic E-state index is 5.68. The minimum absolute atomic E-state index is 0.269. The van der Waals surface area contributed by atoms with Gasteiger partial charge in [0.15, 0.2) is 0 Å². The van der Waals surface area contributed by atoms with E-state index >= 15 is 0 Å². The van der Waals surface area contributed by atoms with Gasteiger partial charge in [-0.3, -0.25) is 0 Å². The first-order valence-electron chi connectivity index (χ1n) is 5.82. The van der Waals surface area contributed by atoms with Crippen molar-refractivity contribution in [3.05, 3.63) is 36.4 Å². The second-order valence-electron chi connectivity index (χ2n) is 4.02. The van der Waals surface area contributed by atoms with Gasteiger partial charge in [-0.25, -0.2) is 4.98 Å². The van der Waals surface area contributed by atoms with Crippen LogP contribution in [0.1, 0.15) is 0 Å². The average Bonchev–Trinajstić information content (AvgIpc) is 2.80. The lowest BCUT2D eigenvalue weighted by Gasteiger charge is -2.03. The lowest BCUT2D eigenvalue weighted by atomic mass is 10.3. The predicted molar refractivity (Wildman–Crippen MR) is 78.4 cm³/mol. The molecular formula is C13H13N5S. The van der Waals surface area contributed by atoms with Crippen LogP contribution in [0.25, 0.3) is 10.9 Å². The molecule has 19 heavy (non-hydrogen) atoms. The van der Waals surface area contributed by atoms with Crippen LogP contribution in [-0.2, 0) is 0 Å². The standard InChI is InChI=1S/C13H13N5S/c1-15-10-7-12(18-13(14)17-10)19-11-6-8-4-2-3-5-9(8)16-11/h2-7,16H,1H3,(H3,14,15,17,18). The van der Waals surface area contributed by atoms with Gasteiger partial charge in [-0.15, -0.1) is 0 Å². The number of hydrogen-bond donors (Lipinski definition) is 3. The number of nitrogens with zero attached hydrogens (tertiary/aromatic N) is 2. The molecule has 0 aliphatic carbocycles. The number of rotatable bonds is 3. The number of aromatic amines is 1. The predicted octanol–water partition coefficient (Wildman–Crippen LogP) is 2.73. The van der Waals surface area contributed by atoms with Crippen LogP contribution in [0.4, 0.5) is 11.8 Å². The molecule has 0 saturated carbocycles. The van der Waals surface area contributed by atoms with Crippen LogP contribution >= 0.6 is 11.8 Å². The van der Waals surface area contributed by atoms with Crippen molar-refractivity contribution in [3.8, 4) is 0 Å². The fourth-order valence-corrected chi connectivity index (χ4v) is 2.72. The molecule has 96 valence electrons. The number of anilines is 2. The van der Waals surface area contributed by atoms with E-state index in [1.807, 2.05) is 24.3 Å². The monoisotopic (exact) mass is 271 g/mol. The summed E-state index contributed by atoms with van der Waals surface area (Å²) in [7, 11) is 1.80. The highest BCUT2D eigenvalue weighted by molar-refractivity contribution is 7.99. The molecule has 1 aromatic carbocycles. The summed E-state index contributed by atoms with van der Waals surface area (Å²) in [5.74, 6) is 0.983. The van der Waals surface area contributed by atoms with Gasteiger partial charge in [0.25, 0.3) is 0 Å². The number of hydrogen-bond acceptors (Lipinski definition) is 5. The summed E-state index contributed by atoms with van der Waals surface area (Å²) in [6.45, 7) is 0. The molecule has 2 aromatic heterocycles. The Hall–Kier alpha value is -2.21. The molecule has 0 aliphatic rings. The first-order valence-corrected chi connectivity index (χ1v) is 6.64. The van der Waals surface area contributed by atoms with Crippen LogP contribution in [0.2, 0.25) is 0 Å². The second-order valence-corrected chi connectivity index (χ2v) is 5.08. The van der Waals surface area contributed by atoms with Crippen LogP contribution in [-0.4, -0.2) is 22.0 Å². The number of H-pyrrole nitrogens is 1. The van der Waals surface area contributed by atoms with Gasteiger partial charge in [0, 0.05) is 24.0 Å². The van der Waals surface area contributed by atoms with Crippen molar-refractivity contribution in [2.45, 2.75) is 10.1 Å². The van der Waals surface area contributed by atoms with E-state index < -0.39 is 0 Å². The third-order valence-electron chi connectivity index (χ3n) is 2.70. The maximum Gasteiger partial charge on any atom is 0.223 e. The highest BCUT2D eigenvalue weighted by Crippen LogP contribution is 2.29. The van der Waals surface area contributed by atoms with Crippen molar-refractivity contribution in [2.75, 3.05) is 18.1 Å². The van der Waals surface area contributed by atoms with E-state index in [0.29, 0.717) is 5.82 Å². The molecule has 0 radical (unpaired) electrons. The highest BCUT2D eigenvalue weighted by Gasteiger charge is 2.06. The van der Waals surface area contributed by atoms with Gasteiger partial charge in [0.1, 0.15) is 10.8 Å². The number of para-hydroxylation sites is 1. The summed E-state index contributed by atoms with van der Waals surface area (Å²) in [4.78, 5) is 11.6. The largest absolute Gasteiger partial charge is 0.373 e. The first-order chi connectivity index (χ1) is 9.24. The van der Waals surface area contributed by atoms with Crippen molar-refractivity contribution in [1.82, 2.24) is 15.0 Å². The maximum absolute atomic E-state index is 5.68. The molecule has 0 saturated heterocycles. The SMILES string of the molecule is CNc1cc(Sc2cc3ccccc3[nH]2)nc(N)n1. The summed E-state index contributed by atoms with van der Waals surface area (Å²) < 4.78 is 0. The number of nitrogens with one attached hydrogen (secondary N) is 2. The summed E-state index contributed by atoms with van der Waals surface area (Å²) in [5.41, 5.74) is 6.79. The zero-order chi connectivity index (χ0) is 13.2. The Balaban J connectivity index is 1.94. The molecular weight excluding hydrogens is 258 g/mol. The molecule has 4 N–H and O–H groups in total. The Morgan fingerprint density at radius 3 is 2.84 bits per heavy atom.